The molecule has 1 aromatic carbocycles. The quantitative estimate of drug-likeness (QED) is 0.592. The molecule has 1 aromatic heterocycles. The fourth-order valence-electron chi connectivity index (χ4n) is 4.65. The van der Waals surface area contributed by atoms with Crippen LogP contribution >= 0.6 is 11.3 Å². The summed E-state index contributed by atoms with van der Waals surface area (Å²) in [5.74, 6) is 0.0770. The van der Waals surface area contributed by atoms with Gasteiger partial charge in [-0.2, -0.15) is 0 Å². The van der Waals surface area contributed by atoms with Crippen LogP contribution in [0.3, 0.4) is 0 Å². The van der Waals surface area contributed by atoms with Gasteiger partial charge < -0.3 is 15.1 Å². The highest BCUT2D eigenvalue weighted by molar-refractivity contribution is 7.10. The Morgan fingerprint density at radius 2 is 1.75 bits per heavy atom. The van der Waals surface area contributed by atoms with E-state index >= 15 is 0 Å². The zero-order chi connectivity index (χ0) is 22.2. The first kappa shape index (κ1) is 23.0. The van der Waals surface area contributed by atoms with Crippen molar-refractivity contribution in [3.05, 3.63) is 58.3 Å². The number of likely N-dealkylation sites (tertiary alicyclic amines) is 1. The van der Waals surface area contributed by atoms with Crippen LogP contribution in [0.5, 0.6) is 0 Å². The van der Waals surface area contributed by atoms with Crippen molar-refractivity contribution in [2.24, 2.45) is 0 Å². The summed E-state index contributed by atoms with van der Waals surface area (Å²) in [5, 5.41) is 5.07. The van der Waals surface area contributed by atoms with Gasteiger partial charge in [0.15, 0.2) is 0 Å². The molecule has 0 spiro atoms. The van der Waals surface area contributed by atoms with Gasteiger partial charge in [0, 0.05) is 50.7 Å². The highest BCUT2D eigenvalue weighted by atomic mass is 32.1. The number of hydrogen-bond donors (Lipinski definition) is 1. The third-order valence-electron chi connectivity index (χ3n) is 6.45. The lowest BCUT2D eigenvalue weighted by molar-refractivity contribution is -0.137. The highest BCUT2D eigenvalue weighted by Crippen LogP contribution is 2.20. The van der Waals surface area contributed by atoms with Crippen molar-refractivity contribution in [2.45, 2.75) is 38.3 Å². The highest BCUT2D eigenvalue weighted by Gasteiger charge is 2.33. The first-order valence-electron chi connectivity index (χ1n) is 11.8. The van der Waals surface area contributed by atoms with Gasteiger partial charge in [-0.05, 0) is 42.8 Å². The summed E-state index contributed by atoms with van der Waals surface area (Å²) in [5.41, 5.74) is 1.37. The molecule has 32 heavy (non-hydrogen) atoms. The molecule has 0 aliphatic carbocycles. The zero-order valence-corrected chi connectivity index (χ0v) is 19.6. The van der Waals surface area contributed by atoms with Crippen LogP contribution in [0.15, 0.2) is 47.8 Å². The van der Waals surface area contributed by atoms with Crippen LogP contribution in [-0.4, -0.2) is 78.4 Å². The van der Waals surface area contributed by atoms with Crippen molar-refractivity contribution in [1.29, 1.82) is 0 Å². The van der Waals surface area contributed by atoms with Crippen LogP contribution in [-0.2, 0) is 22.6 Å². The van der Waals surface area contributed by atoms with Crippen LogP contribution < -0.4 is 5.32 Å². The predicted octanol–water partition coefficient (Wildman–Crippen LogP) is 2.61. The maximum atomic E-state index is 12.7. The van der Waals surface area contributed by atoms with Crippen molar-refractivity contribution in [1.82, 2.24) is 20.0 Å². The molecule has 6 nitrogen and oxygen atoms in total. The van der Waals surface area contributed by atoms with E-state index in [9.17, 15) is 9.59 Å². The van der Waals surface area contributed by atoms with E-state index in [0.717, 1.165) is 63.4 Å². The number of nitrogens with zero attached hydrogens (tertiary/aromatic N) is 3. The molecule has 2 fully saturated rings. The molecule has 2 amide bonds. The van der Waals surface area contributed by atoms with Gasteiger partial charge in [-0.3, -0.25) is 14.5 Å². The van der Waals surface area contributed by atoms with E-state index in [-0.39, 0.29) is 17.9 Å². The summed E-state index contributed by atoms with van der Waals surface area (Å²) in [6.45, 7) is 7.72. The lowest BCUT2D eigenvalue weighted by Gasteiger charge is -2.34. The van der Waals surface area contributed by atoms with Gasteiger partial charge in [0.05, 0.1) is 6.42 Å². The Balaban J connectivity index is 1.12. The van der Waals surface area contributed by atoms with Crippen molar-refractivity contribution in [2.75, 3.05) is 45.8 Å². The number of nitrogens with one attached hydrogen (secondary N) is 1. The van der Waals surface area contributed by atoms with E-state index in [1.807, 2.05) is 17.5 Å². The van der Waals surface area contributed by atoms with E-state index in [1.54, 1.807) is 16.2 Å². The average Bonchev–Trinajstić information content (AvgIpc) is 3.51. The second kappa shape index (κ2) is 11.6. The van der Waals surface area contributed by atoms with Gasteiger partial charge in [-0.15, -0.1) is 11.3 Å². The lowest BCUT2D eigenvalue weighted by atomic mass is 10.2. The summed E-state index contributed by atoms with van der Waals surface area (Å²) in [6.07, 6.45) is 3.02. The number of amides is 2. The Hall–Kier alpha value is -2.22. The molecule has 1 unspecified atom stereocenters. The van der Waals surface area contributed by atoms with Gasteiger partial charge in [-0.25, -0.2) is 0 Å². The van der Waals surface area contributed by atoms with E-state index in [4.69, 9.17) is 0 Å². The van der Waals surface area contributed by atoms with E-state index in [2.05, 4.69) is 45.4 Å². The molecule has 1 N–H and O–H groups in total. The molecule has 7 heteroatoms. The molecule has 2 aromatic rings. The molecule has 2 aliphatic rings. The summed E-state index contributed by atoms with van der Waals surface area (Å²) < 4.78 is 0. The van der Waals surface area contributed by atoms with Crippen LogP contribution in [0.25, 0.3) is 0 Å². The predicted molar refractivity (Wildman–Crippen MR) is 129 cm³/mol. The van der Waals surface area contributed by atoms with Gasteiger partial charge in [-0.1, -0.05) is 36.4 Å². The molecule has 3 heterocycles. The van der Waals surface area contributed by atoms with Crippen molar-refractivity contribution < 1.29 is 9.59 Å². The number of hydrogen-bond acceptors (Lipinski definition) is 5. The second-order valence-corrected chi connectivity index (χ2v) is 9.78. The first-order valence-corrected chi connectivity index (χ1v) is 12.7. The van der Waals surface area contributed by atoms with Gasteiger partial charge in [0.25, 0.3) is 0 Å². The van der Waals surface area contributed by atoms with Gasteiger partial charge in [0.2, 0.25) is 11.8 Å². The average molecular weight is 455 g/mol. The van der Waals surface area contributed by atoms with Gasteiger partial charge >= 0.3 is 0 Å². The molecule has 4 rings (SSSR count). The fraction of sp³-hybridized carbons (Fsp3) is 0.520. The topological polar surface area (TPSA) is 55.9 Å². The minimum Gasteiger partial charge on any atom is -0.354 e. The minimum absolute atomic E-state index is 0.00899. The number of rotatable bonds is 9. The maximum absolute atomic E-state index is 12.7. The minimum atomic E-state index is -0.302. The molecule has 0 saturated carbocycles. The Morgan fingerprint density at radius 3 is 2.50 bits per heavy atom. The van der Waals surface area contributed by atoms with E-state index in [0.29, 0.717) is 19.5 Å². The summed E-state index contributed by atoms with van der Waals surface area (Å²) >= 11 is 1.59. The number of benzene rings is 1. The SMILES string of the molecule is O=C(NCCCN1CCN(Cc2ccccc2)CC1)C1CCCN1C(=O)Cc1cccs1. The van der Waals surface area contributed by atoms with Crippen molar-refractivity contribution >= 4 is 23.2 Å². The number of carbonyl (C=O) groups excluding carboxylic acids is 2. The molecule has 1 atom stereocenters. The number of carbonyl (C=O) groups is 2. The Labute approximate surface area is 195 Å². The molecule has 0 radical (unpaired) electrons. The Kier molecular flexibility index (Phi) is 8.31. The standard InChI is InChI=1S/C25H34N4O2S/c30-24(19-22-9-5-18-32-22)29-13-4-10-23(29)25(31)26-11-6-12-27-14-16-28(17-15-27)20-21-7-2-1-3-8-21/h1-3,5,7-9,18,23H,4,6,10-17,19-20H2,(H,26,31). The van der Waals surface area contributed by atoms with Gasteiger partial charge in [0.1, 0.15) is 6.04 Å². The molecular weight excluding hydrogens is 420 g/mol. The maximum Gasteiger partial charge on any atom is 0.242 e. The normalized spacial score (nSPS) is 19.9. The summed E-state index contributed by atoms with van der Waals surface area (Å²) in [4.78, 5) is 33.2. The lowest BCUT2D eigenvalue weighted by Crippen LogP contribution is -2.48. The van der Waals surface area contributed by atoms with E-state index < -0.39 is 0 Å². The number of piperazine rings is 1. The molecule has 0 bridgehead atoms. The Bertz CT molecular complexity index is 850. The summed E-state index contributed by atoms with van der Waals surface area (Å²) in [7, 11) is 0. The van der Waals surface area contributed by atoms with Crippen molar-refractivity contribution in [3.63, 3.8) is 0 Å². The fourth-order valence-corrected chi connectivity index (χ4v) is 5.34. The number of thiophene rings is 1. The molecule has 172 valence electrons. The van der Waals surface area contributed by atoms with Crippen molar-refractivity contribution in [3.8, 4) is 0 Å². The third-order valence-corrected chi connectivity index (χ3v) is 7.32. The third kappa shape index (κ3) is 6.40. The van der Waals surface area contributed by atoms with E-state index in [1.165, 1.54) is 5.56 Å². The summed E-state index contributed by atoms with van der Waals surface area (Å²) in [6, 6.07) is 14.3. The zero-order valence-electron chi connectivity index (χ0n) is 18.7. The monoisotopic (exact) mass is 454 g/mol. The smallest absolute Gasteiger partial charge is 0.242 e. The largest absolute Gasteiger partial charge is 0.354 e. The first-order chi connectivity index (χ1) is 15.7. The molecule has 2 saturated heterocycles. The molecule has 2 aliphatic heterocycles. The molecular formula is C25H34N4O2S. The van der Waals surface area contributed by atoms with Crippen LogP contribution in [0.2, 0.25) is 0 Å². The van der Waals surface area contributed by atoms with Crippen LogP contribution in [0, 0.1) is 0 Å². The Morgan fingerprint density at radius 1 is 0.969 bits per heavy atom. The van der Waals surface area contributed by atoms with Crippen LogP contribution in [0.4, 0.5) is 0 Å². The van der Waals surface area contributed by atoms with Crippen LogP contribution in [0.1, 0.15) is 29.7 Å². The second-order valence-electron chi connectivity index (χ2n) is 8.75.